The molecule has 1 amide bonds. The fourth-order valence-corrected chi connectivity index (χ4v) is 4.10. The van der Waals surface area contributed by atoms with E-state index in [1.807, 2.05) is 75.4 Å². The van der Waals surface area contributed by atoms with E-state index >= 15 is 0 Å². The minimum absolute atomic E-state index is 0.126. The smallest absolute Gasteiger partial charge is 0.227 e. The Morgan fingerprint density at radius 1 is 1.00 bits per heavy atom. The number of nitrogens with zero attached hydrogens (tertiary/aromatic N) is 4. The number of ether oxygens (including phenoxy) is 1. The van der Waals surface area contributed by atoms with Crippen LogP contribution in [0.15, 0.2) is 69.2 Å². The Morgan fingerprint density at radius 3 is 2.38 bits per heavy atom. The van der Waals surface area contributed by atoms with Crippen LogP contribution in [-0.2, 0) is 11.2 Å². The summed E-state index contributed by atoms with van der Waals surface area (Å²) in [5, 5.41) is 7.61. The van der Waals surface area contributed by atoms with Crippen LogP contribution in [0.3, 0.4) is 0 Å². The third-order valence-electron chi connectivity index (χ3n) is 4.77. The van der Waals surface area contributed by atoms with E-state index in [0.717, 1.165) is 33.3 Å². The molecule has 0 aliphatic heterocycles. The second-order valence-corrected chi connectivity index (χ2v) is 8.62. The minimum Gasteiger partial charge on any atom is -0.494 e. The van der Waals surface area contributed by atoms with Gasteiger partial charge in [0.05, 0.1) is 6.61 Å². The molecule has 0 atom stereocenters. The number of aromatic nitrogens is 4. The van der Waals surface area contributed by atoms with Gasteiger partial charge in [0.1, 0.15) is 5.75 Å². The summed E-state index contributed by atoms with van der Waals surface area (Å²) in [6.07, 6.45) is 0.589. The third-order valence-corrected chi connectivity index (χ3v) is 5.64. The van der Waals surface area contributed by atoms with Crippen LogP contribution < -0.4 is 10.1 Å². The molecule has 1 N–H and O–H groups in total. The molecule has 0 spiro atoms. The second-order valence-electron chi connectivity index (χ2n) is 7.58. The second kappa shape index (κ2) is 10.9. The molecule has 0 bridgehead atoms. The quantitative estimate of drug-likeness (QED) is 0.327. The highest BCUT2D eigenvalue weighted by atomic mass is 32.2. The highest BCUT2D eigenvalue weighted by Crippen LogP contribution is 2.26. The highest BCUT2D eigenvalue weighted by molar-refractivity contribution is 7.99. The average Bonchev–Trinajstić information content (AvgIpc) is 3.28. The Morgan fingerprint density at radius 2 is 1.71 bits per heavy atom. The Labute approximate surface area is 202 Å². The highest BCUT2D eigenvalue weighted by Gasteiger charge is 2.11. The molecule has 174 valence electrons. The molecule has 2 aromatic heterocycles. The average molecular weight is 476 g/mol. The van der Waals surface area contributed by atoms with Gasteiger partial charge in [0, 0.05) is 40.4 Å². The molecule has 0 saturated carbocycles. The summed E-state index contributed by atoms with van der Waals surface area (Å²) in [6, 6.07) is 17.0. The van der Waals surface area contributed by atoms with E-state index in [1.54, 1.807) is 0 Å². The zero-order chi connectivity index (χ0) is 23.9. The zero-order valence-corrected chi connectivity index (χ0v) is 20.1. The minimum atomic E-state index is -0.126. The predicted molar refractivity (Wildman–Crippen MR) is 130 cm³/mol. The number of carbonyl (C=O) groups excluding carboxylic acids is 1. The summed E-state index contributed by atoms with van der Waals surface area (Å²) < 4.78 is 10.7. The lowest BCUT2D eigenvalue weighted by Crippen LogP contribution is -2.12. The molecule has 0 saturated heterocycles. The number of carbonyl (C=O) groups is 1. The van der Waals surface area contributed by atoms with Gasteiger partial charge in [0.2, 0.25) is 17.6 Å². The monoisotopic (exact) mass is 475 g/mol. The Hall–Kier alpha value is -3.72. The molecule has 4 aromatic rings. The van der Waals surface area contributed by atoms with E-state index in [4.69, 9.17) is 9.26 Å². The molecule has 8 nitrogen and oxygen atoms in total. The van der Waals surface area contributed by atoms with E-state index in [9.17, 15) is 4.79 Å². The van der Waals surface area contributed by atoms with E-state index in [2.05, 4.69) is 25.4 Å². The molecular formula is C25H25N5O3S. The maximum absolute atomic E-state index is 12.4. The maximum Gasteiger partial charge on any atom is 0.227 e. The van der Waals surface area contributed by atoms with Crippen molar-refractivity contribution < 1.29 is 14.1 Å². The fraction of sp³-hybridized carbons (Fsp3) is 0.240. The maximum atomic E-state index is 12.4. The summed E-state index contributed by atoms with van der Waals surface area (Å²) in [5.74, 6) is 1.56. The molecule has 2 heterocycles. The Balaban J connectivity index is 1.28. The number of anilines is 1. The predicted octanol–water partition coefficient (Wildman–Crippen LogP) is 5.26. The van der Waals surface area contributed by atoms with E-state index in [0.29, 0.717) is 29.9 Å². The summed E-state index contributed by atoms with van der Waals surface area (Å²) in [7, 11) is 0. The van der Waals surface area contributed by atoms with Crippen molar-refractivity contribution >= 4 is 23.4 Å². The summed E-state index contributed by atoms with van der Waals surface area (Å²) in [4.78, 5) is 26.6. The van der Waals surface area contributed by atoms with Gasteiger partial charge < -0.3 is 14.6 Å². The van der Waals surface area contributed by atoms with Crippen molar-refractivity contribution in [2.24, 2.45) is 0 Å². The molecule has 9 heteroatoms. The van der Waals surface area contributed by atoms with E-state index < -0.39 is 0 Å². The number of rotatable bonds is 9. The Kier molecular flexibility index (Phi) is 7.54. The lowest BCUT2D eigenvalue weighted by atomic mass is 10.2. The fourth-order valence-electron chi connectivity index (χ4n) is 3.24. The van der Waals surface area contributed by atoms with Crippen LogP contribution in [0.4, 0.5) is 5.69 Å². The lowest BCUT2D eigenvalue weighted by Gasteiger charge is -2.06. The van der Waals surface area contributed by atoms with Gasteiger partial charge in [0.25, 0.3) is 0 Å². The van der Waals surface area contributed by atoms with Gasteiger partial charge in [-0.2, -0.15) is 4.98 Å². The first-order chi connectivity index (χ1) is 16.5. The molecule has 2 aromatic carbocycles. The Bertz CT molecular complexity index is 1240. The van der Waals surface area contributed by atoms with Crippen molar-refractivity contribution in [3.63, 3.8) is 0 Å². The normalized spacial score (nSPS) is 10.8. The first-order valence-electron chi connectivity index (χ1n) is 10.9. The van der Waals surface area contributed by atoms with Crippen molar-refractivity contribution in [3.05, 3.63) is 71.9 Å². The van der Waals surface area contributed by atoms with Crippen LogP contribution in [0.1, 0.15) is 30.6 Å². The molecule has 0 unspecified atom stereocenters. The van der Waals surface area contributed by atoms with Gasteiger partial charge in [-0.15, -0.1) is 0 Å². The number of hydrogen-bond acceptors (Lipinski definition) is 8. The van der Waals surface area contributed by atoms with Crippen LogP contribution in [0.25, 0.3) is 11.4 Å². The number of hydrogen-bond donors (Lipinski definition) is 1. The number of nitrogens with one attached hydrogen (secondary N) is 1. The topological polar surface area (TPSA) is 103 Å². The number of amides is 1. The zero-order valence-electron chi connectivity index (χ0n) is 19.2. The number of benzene rings is 2. The summed E-state index contributed by atoms with van der Waals surface area (Å²) >= 11 is 1.49. The van der Waals surface area contributed by atoms with Gasteiger partial charge in [-0.1, -0.05) is 5.16 Å². The van der Waals surface area contributed by atoms with Gasteiger partial charge in [0.15, 0.2) is 5.16 Å². The summed E-state index contributed by atoms with van der Waals surface area (Å²) in [6.45, 7) is 6.45. The number of aryl methyl sites for hydroxylation is 3. The van der Waals surface area contributed by atoms with Crippen molar-refractivity contribution in [1.82, 2.24) is 20.1 Å². The first-order valence-corrected chi connectivity index (χ1v) is 11.8. The molecule has 4 rings (SSSR count). The van der Waals surface area contributed by atoms with E-state index in [-0.39, 0.29) is 12.3 Å². The van der Waals surface area contributed by atoms with Gasteiger partial charge in [-0.3, -0.25) is 4.79 Å². The molecule has 0 fully saturated rings. The SMILES string of the molecule is CCOc1ccc(-c2noc(CCC(=O)Nc3ccc(Sc4nc(C)cc(C)n4)cc3)n2)cc1. The van der Waals surface area contributed by atoms with E-state index in [1.165, 1.54) is 11.8 Å². The van der Waals surface area contributed by atoms with Crippen molar-refractivity contribution in [1.29, 1.82) is 0 Å². The largest absolute Gasteiger partial charge is 0.494 e. The van der Waals surface area contributed by atoms with Crippen LogP contribution in [-0.4, -0.2) is 32.6 Å². The van der Waals surface area contributed by atoms with Gasteiger partial charge in [-0.25, -0.2) is 9.97 Å². The molecule has 34 heavy (non-hydrogen) atoms. The molecule has 0 aliphatic carbocycles. The van der Waals surface area contributed by atoms with Crippen LogP contribution >= 0.6 is 11.8 Å². The van der Waals surface area contributed by atoms with Crippen LogP contribution in [0.5, 0.6) is 5.75 Å². The van der Waals surface area contributed by atoms with Gasteiger partial charge in [-0.05, 0) is 87.1 Å². The van der Waals surface area contributed by atoms with Crippen LogP contribution in [0.2, 0.25) is 0 Å². The van der Waals surface area contributed by atoms with Crippen molar-refractivity contribution in [2.75, 3.05) is 11.9 Å². The third kappa shape index (κ3) is 6.41. The van der Waals surface area contributed by atoms with Gasteiger partial charge >= 0.3 is 0 Å². The van der Waals surface area contributed by atoms with Crippen LogP contribution in [0, 0.1) is 13.8 Å². The molecule has 0 radical (unpaired) electrons. The standard InChI is InChI=1S/C25H25N5O3S/c1-4-32-20-9-5-18(6-10-20)24-29-23(33-30-24)14-13-22(31)28-19-7-11-21(12-8-19)34-25-26-16(2)15-17(3)27-25/h5-12,15H,4,13-14H2,1-3H3,(H,28,31). The molecular weight excluding hydrogens is 450 g/mol. The first kappa shape index (κ1) is 23.4. The van der Waals surface area contributed by atoms with Crippen molar-refractivity contribution in [2.45, 2.75) is 43.7 Å². The summed E-state index contributed by atoms with van der Waals surface area (Å²) in [5.41, 5.74) is 3.42. The van der Waals surface area contributed by atoms with Crippen molar-refractivity contribution in [3.8, 4) is 17.1 Å². The molecule has 0 aliphatic rings. The lowest BCUT2D eigenvalue weighted by molar-refractivity contribution is -0.116.